The Morgan fingerprint density at radius 1 is 1.12 bits per heavy atom. The Morgan fingerprint density at radius 2 is 1.88 bits per heavy atom. The van der Waals surface area contributed by atoms with Gasteiger partial charge in [0.25, 0.3) is 0 Å². The number of nitrogens with zero attached hydrogens (tertiary/aromatic N) is 1. The zero-order chi connectivity index (χ0) is 22.9. The highest BCUT2D eigenvalue weighted by Crippen LogP contribution is 2.37. The number of para-hydroxylation sites is 1. The minimum atomic E-state index is -0.475. The van der Waals surface area contributed by atoms with E-state index in [1.165, 1.54) is 12.3 Å². The molecule has 3 rings (SSSR count). The van der Waals surface area contributed by atoms with Crippen LogP contribution in [0.25, 0.3) is 0 Å². The van der Waals surface area contributed by atoms with Crippen molar-refractivity contribution in [2.75, 3.05) is 11.9 Å². The molecule has 32 heavy (non-hydrogen) atoms. The molecule has 0 bridgehead atoms. The van der Waals surface area contributed by atoms with Crippen molar-refractivity contribution in [3.8, 4) is 11.5 Å². The summed E-state index contributed by atoms with van der Waals surface area (Å²) in [6, 6.07) is 16.6. The summed E-state index contributed by atoms with van der Waals surface area (Å²) in [5.41, 5.74) is 5.03. The molecule has 0 radical (unpaired) electrons. The minimum absolute atomic E-state index is 0.000529. The lowest BCUT2D eigenvalue weighted by atomic mass is 10.2. The summed E-state index contributed by atoms with van der Waals surface area (Å²) in [6.45, 7) is 4.10. The molecule has 0 unspecified atom stereocenters. The lowest BCUT2D eigenvalue weighted by molar-refractivity contribution is 0.252. The first-order valence-corrected chi connectivity index (χ1v) is 10.3. The lowest BCUT2D eigenvalue weighted by Crippen LogP contribution is -2.24. The summed E-state index contributed by atoms with van der Waals surface area (Å²) in [5, 5.41) is 6.95. The lowest BCUT2D eigenvalue weighted by Gasteiger charge is -2.14. The number of anilines is 1. The summed E-state index contributed by atoms with van der Waals surface area (Å²) < 4.78 is 25.2. The van der Waals surface area contributed by atoms with Crippen LogP contribution in [0.2, 0.25) is 5.02 Å². The zero-order valence-corrected chi connectivity index (χ0v) is 18.4. The number of rotatable bonds is 8. The van der Waals surface area contributed by atoms with E-state index in [2.05, 4.69) is 15.8 Å². The standard InChI is InChI=1S/C24H23ClFN3O3/c1-3-31-22-13-17(14-27-29-24(30)28-21-11-7-4-8-16(21)2)12-19(25)23(22)32-15-18-9-5-6-10-20(18)26/h4-14H,3,15H2,1-2H3,(H2,28,29,30). The second-order valence-corrected chi connectivity index (χ2v) is 7.19. The van der Waals surface area contributed by atoms with E-state index < -0.39 is 6.03 Å². The number of urea groups is 1. The van der Waals surface area contributed by atoms with Crippen molar-refractivity contribution in [3.05, 3.63) is 88.2 Å². The molecule has 0 heterocycles. The number of hydrazone groups is 1. The average molecular weight is 456 g/mol. The SMILES string of the molecule is CCOc1cc(C=NNC(=O)Nc2ccccc2C)cc(Cl)c1OCc1ccccc1F. The summed E-state index contributed by atoms with van der Waals surface area (Å²) in [4.78, 5) is 12.1. The van der Waals surface area contributed by atoms with E-state index in [-0.39, 0.29) is 17.4 Å². The number of aryl methyl sites for hydroxylation is 1. The fourth-order valence-corrected chi connectivity index (χ4v) is 3.13. The number of carbonyl (C=O) groups excluding carboxylic acids is 1. The first kappa shape index (κ1) is 23.1. The number of amides is 2. The van der Waals surface area contributed by atoms with Crippen molar-refractivity contribution >= 4 is 29.5 Å². The van der Waals surface area contributed by atoms with Crippen LogP contribution in [0, 0.1) is 12.7 Å². The van der Waals surface area contributed by atoms with Crippen molar-refractivity contribution in [1.29, 1.82) is 0 Å². The van der Waals surface area contributed by atoms with Gasteiger partial charge in [-0.05, 0) is 49.2 Å². The molecule has 166 valence electrons. The summed E-state index contributed by atoms with van der Waals surface area (Å²) in [5.74, 6) is 0.335. The van der Waals surface area contributed by atoms with Crippen molar-refractivity contribution in [2.45, 2.75) is 20.5 Å². The molecule has 0 saturated carbocycles. The second-order valence-electron chi connectivity index (χ2n) is 6.78. The van der Waals surface area contributed by atoms with Crippen LogP contribution in [0.4, 0.5) is 14.9 Å². The van der Waals surface area contributed by atoms with Crippen molar-refractivity contribution in [1.82, 2.24) is 5.43 Å². The molecular weight excluding hydrogens is 433 g/mol. The van der Waals surface area contributed by atoms with Gasteiger partial charge in [-0.25, -0.2) is 14.6 Å². The normalized spacial score (nSPS) is 10.8. The van der Waals surface area contributed by atoms with Crippen molar-refractivity contribution in [2.24, 2.45) is 5.10 Å². The Balaban J connectivity index is 1.68. The first-order chi connectivity index (χ1) is 15.5. The van der Waals surface area contributed by atoms with Gasteiger partial charge in [0.05, 0.1) is 17.8 Å². The highest BCUT2D eigenvalue weighted by molar-refractivity contribution is 6.32. The Morgan fingerprint density at radius 3 is 2.62 bits per heavy atom. The molecule has 0 fully saturated rings. The van der Waals surface area contributed by atoms with Gasteiger partial charge in [-0.15, -0.1) is 0 Å². The van der Waals surface area contributed by atoms with E-state index in [4.69, 9.17) is 21.1 Å². The van der Waals surface area contributed by atoms with Crippen LogP contribution in [-0.4, -0.2) is 18.9 Å². The number of halogens is 2. The molecule has 8 heteroatoms. The van der Waals surface area contributed by atoms with Crippen molar-refractivity contribution < 1.29 is 18.7 Å². The predicted molar refractivity (Wildman–Crippen MR) is 124 cm³/mol. The van der Waals surface area contributed by atoms with E-state index in [0.29, 0.717) is 34.9 Å². The van der Waals surface area contributed by atoms with E-state index >= 15 is 0 Å². The Bertz CT molecular complexity index is 1120. The van der Waals surface area contributed by atoms with Gasteiger partial charge >= 0.3 is 6.03 Å². The van der Waals surface area contributed by atoms with Gasteiger partial charge in [0.15, 0.2) is 11.5 Å². The number of ether oxygens (including phenoxy) is 2. The van der Waals surface area contributed by atoms with Gasteiger partial charge in [-0.1, -0.05) is 48.0 Å². The van der Waals surface area contributed by atoms with E-state index in [1.807, 2.05) is 32.0 Å². The average Bonchev–Trinajstić information content (AvgIpc) is 2.76. The molecule has 0 aliphatic carbocycles. The maximum atomic E-state index is 13.9. The van der Waals surface area contributed by atoms with Crippen LogP contribution in [-0.2, 0) is 6.61 Å². The first-order valence-electron chi connectivity index (χ1n) is 9.96. The van der Waals surface area contributed by atoms with Crippen LogP contribution >= 0.6 is 11.6 Å². The molecular formula is C24H23ClFN3O3. The summed E-state index contributed by atoms with van der Waals surface area (Å²) >= 11 is 6.38. The third-order valence-corrected chi connectivity index (χ3v) is 4.72. The van der Waals surface area contributed by atoms with Gasteiger partial charge in [0.1, 0.15) is 12.4 Å². The fourth-order valence-electron chi connectivity index (χ4n) is 2.86. The molecule has 6 nitrogen and oxygen atoms in total. The predicted octanol–water partition coefficient (Wildman–Crippen LogP) is 5.92. The van der Waals surface area contributed by atoms with Gasteiger partial charge in [-0.2, -0.15) is 5.10 Å². The molecule has 0 atom stereocenters. The quantitative estimate of drug-likeness (QED) is 0.327. The fraction of sp³-hybridized carbons (Fsp3) is 0.167. The van der Waals surface area contributed by atoms with Crippen molar-refractivity contribution in [3.63, 3.8) is 0 Å². The van der Waals surface area contributed by atoms with Gasteiger partial charge in [0.2, 0.25) is 0 Å². The third-order valence-electron chi connectivity index (χ3n) is 4.43. The van der Waals surface area contributed by atoms with Crippen LogP contribution < -0.4 is 20.2 Å². The van der Waals surface area contributed by atoms with Gasteiger partial charge in [-0.3, -0.25) is 0 Å². The highest BCUT2D eigenvalue weighted by atomic mass is 35.5. The number of nitrogens with one attached hydrogen (secondary N) is 2. The number of hydrogen-bond donors (Lipinski definition) is 2. The van der Waals surface area contributed by atoms with Crippen LogP contribution in [0.5, 0.6) is 11.5 Å². The van der Waals surface area contributed by atoms with E-state index in [1.54, 1.807) is 36.4 Å². The second kappa shape index (κ2) is 11.2. The molecule has 2 amide bonds. The maximum absolute atomic E-state index is 13.9. The molecule has 0 aliphatic heterocycles. The number of hydrogen-bond acceptors (Lipinski definition) is 4. The molecule has 0 aromatic heterocycles. The van der Waals surface area contributed by atoms with Crippen LogP contribution in [0.3, 0.4) is 0 Å². The maximum Gasteiger partial charge on any atom is 0.339 e. The Hall–Kier alpha value is -3.58. The third kappa shape index (κ3) is 6.21. The van der Waals surface area contributed by atoms with Gasteiger partial charge < -0.3 is 14.8 Å². The van der Waals surface area contributed by atoms with Gasteiger partial charge in [0, 0.05) is 11.3 Å². The van der Waals surface area contributed by atoms with Crippen LogP contribution in [0.15, 0.2) is 65.8 Å². The minimum Gasteiger partial charge on any atom is -0.490 e. The summed E-state index contributed by atoms with van der Waals surface area (Å²) in [6.07, 6.45) is 1.44. The molecule has 3 aromatic rings. The smallest absolute Gasteiger partial charge is 0.339 e. The van der Waals surface area contributed by atoms with E-state index in [9.17, 15) is 9.18 Å². The molecule has 2 N–H and O–H groups in total. The summed E-state index contributed by atoms with van der Waals surface area (Å²) in [7, 11) is 0. The number of carbonyl (C=O) groups is 1. The Kier molecular flexibility index (Phi) is 8.05. The molecule has 0 aliphatic rings. The molecule has 0 spiro atoms. The van der Waals surface area contributed by atoms with E-state index in [0.717, 1.165) is 5.56 Å². The number of benzene rings is 3. The largest absolute Gasteiger partial charge is 0.490 e. The molecule has 3 aromatic carbocycles. The molecule has 0 saturated heterocycles. The Labute approximate surface area is 191 Å². The highest BCUT2D eigenvalue weighted by Gasteiger charge is 2.13. The monoisotopic (exact) mass is 455 g/mol. The van der Waals surface area contributed by atoms with Crippen LogP contribution in [0.1, 0.15) is 23.6 Å². The topological polar surface area (TPSA) is 72.0 Å². The zero-order valence-electron chi connectivity index (χ0n) is 17.7.